The molecule has 0 aliphatic heterocycles. The van der Waals surface area contributed by atoms with E-state index in [0.29, 0.717) is 24.6 Å². The van der Waals surface area contributed by atoms with Gasteiger partial charge in [-0.25, -0.2) is 0 Å². The molecule has 0 spiro atoms. The average Bonchev–Trinajstić information content (AvgIpc) is 2.96. The third-order valence-corrected chi connectivity index (χ3v) is 3.04. The molecular weight excluding hydrogens is 238 g/mol. The van der Waals surface area contributed by atoms with Gasteiger partial charge in [-0.15, -0.1) is 21.5 Å². The molecule has 0 saturated heterocycles. The van der Waals surface area contributed by atoms with Gasteiger partial charge in [0.2, 0.25) is 17.7 Å². The van der Waals surface area contributed by atoms with Crippen LogP contribution in [0.1, 0.15) is 23.6 Å². The first-order valence-corrected chi connectivity index (χ1v) is 6.26. The van der Waals surface area contributed by atoms with Crippen LogP contribution in [0.5, 0.6) is 0 Å². The lowest BCUT2D eigenvalue weighted by molar-refractivity contribution is -0.120. The summed E-state index contributed by atoms with van der Waals surface area (Å²) in [7, 11) is 0. The van der Waals surface area contributed by atoms with Gasteiger partial charge in [-0.3, -0.25) is 4.79 Å². The van der Waals surface area contributed by atoms with Crippen molar-refractivity contribution in [3.05, 3.63) is 34.2 Å². The molecule has 0 unspecified atom stereocenters. The van der Waals surface area contributed by atoms with Gasteiger partial charge >= 0.3 is 0 Å². The van der Waals surface area contributed by atoms with Crippen LogP contribution >= 0.6 is 11.3 Å². The van der Waals surface area contributed by atoms with Crippen molar-refractivity contribution in [2.24, 2.45) is 0 Å². The predicted molar refractivity (Wildman–Crippen MR) is 63.5 cm³/mol. The average molecular weight is 251 g/mol. The molecule has 0 bridgehead atoms. The van der Waals surface area contributed by atoms with Crippen molar-refractivity contribution in [1.82, 2.24) is 15.5 Å². The molecule has 0 atom stereocenters. The first kappa shape index (κ1) is 11.8. The standard InChI is InChI=1S/C11H13N3O2S/c1-2-10-13-14-11(16-10)7-12-9(15)6-8-4-3-5-17-8/h3-5H,2,6-7H2,1H3,(H,12,15). The summed E-state index contributed by atoms with van der Waals surface area (Å²) in [5, 5.41) is 12.3. The van der Waals surface area contributed by atoms with Gasteiger partial charge in [0.15, 0.2) is 0 Å². The molecule has 0 fully saturated rings. The van der Waals surface area contributed by atoms with E-state index >= 15 is 0 Å². The number of thiophene rings is 1. The van der Waals surface area contributed by atoms with E-state index in [1.807, 2.05) is 24.4 Å². The largest absolute Gasteiger partial charge is 0.423 e. The molecule has 1 N–H and O–H groups in total. The third kappa shape index (κ3) is 3.39. The molecule has 2 aromatic heterocycles. The summed E-state index contributed by atoms with van der Waals surface area (Å²) < 4.78 is 5.28. The van der Waals surface area contributed by atoms with Crippen molar-refractivity contribution in [3.8, 4) is 0 Å². The molecule has 6 heteroatoms. The van der Waals surface area contributed by atoms with E-state index in [2.05, 4.69) is 15.5 Å². The van der Waals surface area contributed by atoms with Gasteiger partial charge in [0.1, 0.15) is 0 Å². The van der Waals surface area contributed by atoms with E-state index in [9.17, 15) is 4.79 Å². The Balaban J connectivity index is 1.79. The molecule has 0 aliphatic carbocycles. The van der Waals surface area contributed by atoms with Crippen LogP contribution in [0.15, 0.2) is 21.9 Å². The summed E-state index contributed by atoms with van der Waals surface area (Å²) >= 11 is 1.57. The van der Waals surface area contributed by atoms with E-state index in [1.165, 1.54) is 0 Å². The third-order valence-electron chi connectivity index (χ3n) is 2.16. The maximum Gasteiger partial charge on any atom is 0.235 e. The van der Waals surface area contributed by atoms with Crippen LogP contribution in [-0.2, 0) is 24.2 Å². The fourth-order valence-corrected chi connectivity index (χ4v) is 2.01. The van der Waals surface area contributed by atoms with Gasteiger partial charge in [-0.05, 0) is 11.4 Å². The minimum absolute atomic E-state index is 0.0382. The Hall–Kier alpha value is -1.69. The lowest BCUT2D eigenvalue weighted by Gasteiger charge is -2.00. The van der Waals surface area contributed by atoms with Gasteiger partial charge in [-0.1, -0.05) is 13.0 Å². The van der Waals surface area contributed by atoms with Crippen molar-refractivity contribution in [2.75, 3.05) is 0 Å². The summed E-state index contributed by atoms with van der Waals surface area (Å²) in [6, 6.07) is 3.87. The van der Waals surface area contributed by atoms with Crippen LogP contribution in [0.2, 0.25) is 0 Å². The first-order chi connectivity index (χ1) is 8.28. The second kappa shape index (κ2) is 5.58. The SMILES string of the molecule is CCc1nnc(CNC(=O)Cc2cccs2)o1. The zero-order valence-corrected chi connectivity index (χ0v) is 10.3. The fraction of sp³-hybridized carbons (Fsp3) is 0.364. The Morgan fingerprint density at radius 2 is 2.29 bits per heavy atom. The Morgan fingerprint density at radius 3 is 2.94 bits per heavy atom. The minimum Gasteiger partial charge on any atom is -0.423 e. The quantitative estimate of drug-likeness (QED) is 0.875. The topological polar surface area (TPSA) is 68.0 Å². The molecular formula is C11H13N3O2S. The number of rotatable bonds is 5. The van der Waals surface area contributed by atoms with E-state index in [0.717, 1.165) is 4.88 Å². The second-order valence-electron chi connectivity index (χ2n) is 3.48. The number of amides is 1. The zero-order valence-electron chi connectivity index (χ0n) is 9.47. The highest BCUT2D eigenvalue weighted by molar-refractivity contribution is 7.10. The van der Waals surface area contributed by atoms with Gasteiger partial charge in [-0.2, -0.15) is 0 Å². The summed E-state index contributed by atoms with van der Waals surface area (Å²) in [4.78, 5) is 12.6. The maximum atomic E-state index is 11.6. The highest BCUT2D eigenvalue weighted by Crippen LogP contribution is 2.08. The second-order valence-corrected chi connectivity index (χ2v) is 4.51. The first-order valence-electron chi connectivity index (χ1n) is 5.38. The Bertz CT molecular complexity index is 479. The molecule has 0 saturated carbocycles. The van der Waals surface area contributed by atoms with Gasteiger partial charge < -0.3 is 9.73 Å². The molecule has 2 rings (SSSR count). The van der Waals surface area contributed by atoms with Crippen molar-refractivity contribution in [1.29, 1.82) is 0 Å². The van der Waals surface area contributed by atoms with Gasteiger partial charge in [0.25, 0.3) is 0 Å². The summed E-state index contributed by atoms with van der Waals surface area (Å²) in [5.74, 6) is 0.998. The van der Waals surface area contributed by atoms with Crippen molar-refractivity contribution in [2.45, 2.75) is 26.3 Å². The van der Waals surface area contributed by atoms with E-state index in [1.54, 1.807) is 11.3 Å². The van der Waals surface area contributed by atoms with Crippen molar-refractivity contribution < 1.29 is 9.21 Å². The van der Waals surface area contributed by atoms with E-state index < -0.39 is 0 Å². The van der Waals surface area contributed by atoms with Crippen LogP contribution < -0.4 is 5.32 Å². The summed E-state index contributed by atoms with van der Waals surface area (Å²) in [6.45, 7) is 2.23. The van der Waals surface area contributed by atoms with Crippen LogP contribution in [0.3, 0.4) is 0 Å². The Kier molecular flexibility index (Phi) is 3.87. The van der Waals surface area contributed by atoms with E-state index in [-0.39, 0.29) is 12.5 Å². The molecule has 0 radical (unpaired) electrons. The normalized spacial score (nSPS) is 10.4. The zero-order chi connectivity index (χ0) is 12.1. The molecule has 17 heavy (non-hydrogen) atoms. The van der Waals surface area contributed by atoms with Crippen molar-refractivity contribution in [3.63, 3.8) is 0 Å². The summed E-state index contributed by atoms with van der Waals surface area (Å²) in [6.07, 6.45) is 1.10. The van der Waals surface area contributed by atoms with E-state index in [4.69, 9.17) is 4.42 Å². The van der Waals surface area contributed by atoms with Crippen LogP contribution in [0.25, 0.3) is 0 Å². The minimum atomic E-state index is -0.0382. The number of nitrogens with one attached hydrogen (secondary N) is 1. The molecule has 5 nitrogen and oxygen atoms in total. The van der Waals surface area contributed by atoms with Crippen LogP contribution in [0.4, 0.5) is 0 Å². The molecule has 0 aliphatic rings. The van der Waals surface area contributed by atoms with Gasteiger partial charge in [0.05, 0.1) is 13.0 Å². The highest BCUT2D eigenvalue weighted by Gasteiger charge is 2.07. The number of carbonyl (C=O) groups is 1. The number of hydrogen-bond donors (Lipinski definition) is 1. The van der Waals surface area contributed by atoms with Gasteiger partial charge in [0, 0.05) is 11.3 Å². The molecule has 2 heterocycles. The van der Waals surface area contributed by atoms with Crippen LogP contribution in [0, 0.1) is 0 Å². The predicted octanol–water partition coefficient (Wildman–Crippen LogP) is 1.55. The molecule has 1 amide bonds. The maximum absolute atomic E-state index is 11.6. The highest BCUT2D eigenvalue weighted by atomic mass is 32.1. The Labute approximate surface area is 103 Å². The molecule has 2 aromatic rings. The number of carbonyl (C=O) groups excluding carboxylic acids is 1. The lowest BCUT2D eigenvalue weighted by Crippen LogP contribution is -2.24. The smallest absolute Gasteiger partial charge is 0.235 e. The number of aryl methyl sites for hydroxylation is 1. The van der Waals surface area contributed by atoms with Crippen molar-refractivity contribution >= 4 is 17.2 Å². The number of nitrogens with zero attached hydrogens (tertiary/aromatic N) is 2. The molecule has 90 valence electrons. The fourth-order valence-electron chi connectivity index (χ4n) is 1.31. The molecule has 0 aromatic carbocycles. The monoisotopic (exact) mass is 251 g/mol. The summed E-state index contributed by atoms with van der Waals surface area (Å²) in [5.41, 5.74) is 0. The van der Waals surface area contributed by atoms with Crippen LogP contribution in [-0.4, -0.2) is 16.1 Å². The lowest BCUT2D eigenvalue weighted by atomic mass is 10.3. The number of hydrogen-bond acceptors (Lipinski definition) is 5. The Morgan fingerprint density at radius 1 is 1.47 bits per heavy atom. The number of aromatic nitrogens is 2.